The van der Waals surface area contributed by atoms with Crippen LogP contribution in [0.15, 0.2) is 24.3 Å². The first kappa shape index (κ1) is 15.0. The van der Waals surface area contributed by atoms with Gasteiger partial charge in [-0.1, -0.05) is 31.0 Å². The standard InChI is InChI=1S/C17H22N2O3/c20-17(12-14-8-3-4-9-16(14)19(21)22)18-11-5-10-15(18)13-6-1-2-7-13/h3-4,8-9,13,15H,1-2,5-7,10-12H2. The molecule has 1 aliphatic heterocycles. The molecular weight excluding hydrogens is 280 g/mol. The van der Waals surface area contributed by atoms with Crippen LogP contribution in [0.25, 0.3) is 0 Å². The Kier molecular flexibility index (Phi) is 4.41. The van der Waals surface area contributed by atoms with E-state index in [2.05, 4.69) is 0 Å². The summed E-state index contributed by atoms with van der Waals surface area (Å²) in [5.41, 5.74) is 0.571. The molecule has 1 aromatic rings. The summed E-state index contributed by atoms with van der Waals surface area (Å²) in [4.78, 5) is 25.3. The lowest BCUT2D eigenvalue weighted by Crippen LogP contribution is -2.40. The van der Waals surface area contributed by atoms with Crippen LogP contribution in [-0.2, 0) is 11.2 Å². The van der Waals surface area contributed by atoms with Gasteiger partial charge in [-0.2, -0.15) is 0 Å². The normalized spacial score (nSPS) is 22.2. The molecule has 1 amide bonds. The molecule has 0 aromatic heterocycles. The first-order valence-electron chi connectivity index (χ1n) is 8.18. The minimum absolute atomic E-state index is 0.0451. The Bertz CT molecular complexity index is 567. The Morgan fingerprint density at radius 1 is 1.18 bits per heavy atom. The van der Waals surface area contributed by atoms with Crippen molar-refractivity contribution in [3.8, 4) is 0 Å². The largest absolute Gasteiger partial charge is 0.339 e. The molecule has 1 aromatic carbocycles. The summed E-state index contributed by atoms with van der Waals surface area (Å²) in [6, 6.07) is 6.92. The summed E-state index contributed by atoms with van der Waals surface area (Å²) >= 11 is 0. The Hall–Kier alpha value is -1.91. The zero-order chi connectivity index (χ0) is 15.5. The van der Waals surface area contributed by atoms with Gasteiger partial charge < -0.3 is 4.90 Å². The van der Waals surface area contributed by atoms with Crippen LogP contribution < -0.4 is 0 Å². The lowest BCUT2D eigenvalue weighted by Gasteiger charge is -2.29. The topological polar surface area (TPSA) is 63.4 Å². The molecule has 118 valence electrons. The highest BCUT2D eigenvalue weighted by atomic mass is 16.6. The summed E-state index contributed by atoms with van der Waals surface area (Å²) in [7, 11) is 0. The van der Waals surface area contributed by atoms with Gasteiger partial charge in [0.2, 0.25) is 5.91 Å². The minimum atomic E-state index is -0.402. The predicted octanol–water partition coefficient (Wildman–Crippen LogP) is 3.32. The molecule has 1 saturated heterocycles. The number of amides is 1. The van der Waals surface area contributed by atoms with E-state index >= 15 is 0 Å². The second-order valence-corrected chi connectivity index (χ2v) is 6.40. The van der Waals surface area contributed by atoms with Gasteiger partial charge in [-0.15, -0.1) is 0 Å². The smallest absolute Gasteiger partial charge is 0.273 e. The fraction of sp³-hybridized carbons (Fsp3) is 0.588. The number of nitro benzene ring substituents is 1. The fourth-order valence-electron chi connectivity index (χ4n) is 4.04. The number of hydrogen-bond donors (Lipinski definition) is 0. The predicted molar refractivity (Wildman–Crippen MR) is 83.5 cm³/mol. The SMILES string of the molecule is O=C(Cc1ccccc1[N+](=O)[O-])N1CCCC1C1CCCC1. The number of nitro groups is 1. The molecule has 0 radical (unpaired) electrons. The number of carbonyl (C=O) groups excluding carboxylic acids is 1. The summed E-state index contributed by atoms with van der Waals surface area (Å²) in [6.07, 6.45) is 7.28. The van der Waals surface area contributed by atoms with Crippen molar-refractivity contribution >= 4 is 11.6 Å². The van der Waals surface area contributed by atoms with Crippen LogP contribution in [-0.4, -0.2) is 28.3 Å². The molecule has 0 N–H and O–H groups in total. The zero-order valence-corrected chi connectivity index (χ0v) is 12.7. The lowest BCUT2D eigenvalue weighted by molar-refractivity contribution is -0.385. The van der Waals surface area contributed by atoms with Crippen LogP contribution in [0.5, 0.6) is 0 Å². The van der Waals surface area contributed by atoms with E-state index in [1.54, 1.807) is 18.2 Å². The van der Waals surface area contributed by atoms with Gasteiger partial charge in [0.05, 0.1) is 11.3 Å². The van der Waals surface area contributed by atoms with Gasteiger partial charge in [-0.25, -0.2) is 0 Å². The van der Waals surface area contributed by atoms with Gasteiger partial charge in [0.15, 0.2) is 0 Å². The Labute approximate surface area is 130 Å². The maximum Gasteiger partial charge on any atom is 0.273 e. The van der Waals surface area contributed by atoms with Crippen LogP contribution in [0, 0.1) is 16.0 Å². The first-order valence-corrected chi connectivity index (χ1v) is 8.18. The molecule has 1 unspecified atom stereocenters. The third kappa shape index (κ3) is 2.98. The van der Waals surface area contributed by atoms with Crippen LogP contribution >= 0.6 is 0 Å². The molecule has 2 fully saturated rings. The molecule has 5 heteroatoms. The highest BCUT2D eigenvalue weighted by Gasteiger charge is 2.36. The van der Waals surface area contributed by atoms with Crippen LogP contribution in [0.2, 0.25) is 0 Å². The highest BCUT2D eigenvalue weighted by molar-refractivity contribution is 5.80. The third-order valence-corrected chi connectivity index (χ3v) is 5.09. The Balaban J connectivity index is 1.72. The number of hydrogen-bond acceptors (Lipinski definition) is 3. The number of rotatable bonds is 4. The van der Waals surface area contributed by atoms with E-state index in [4.69, 9.17) is 0 Å². The number of carbonyl (C=O) groups is 1. The van der Waals surface area contributed by atoms with E-state index in [1.807, 2.05) is 4.90 Å². The summed E-state index contributed by atoms with van der Waals surface area (Å²) < 4.78 is 0. The van der Waals surface area contributed by atoms with Gasteiger partial charge in [-0.05, 0) is 31.6 Å². The molecular formula is C17H22N2O3. The van der Waals surface area contributed by atoms with Crippen molar-refractivity contribution in [2.45, 2.75) is 51.0 Å². The van der Waals surface area contributed by atoms with E-state index in [-0.39, 0.29) is 18.0 Å². The minimum Gasteiger partial charge on any atom is -0.339 e. The number of para-hydroxylation sites is 1. The number of benzene rings is 1. The Morgan fingerprint density at radius 2 is 1.91 bits per heavy atom. The van der Waals surface area contributed by atoms with Crippen molar-refractivity contribution in [2.75, 3.05) is 6.54 Å². The molecule has 0 bridgehead atoms. The molecule has 1 saturated carbocycles. The Morgan fingerprint density at radius 3 is 2.64 bits per heavy atom. The quantitative estimate of drug-likeness (QED) is 0.633. The molecule has 0 spiro atoms. The van der Waals surface area contributed by atoms with Crippen molar-refractivity contribution in [3.63, 3.8) is 0 Å². The number of nitrogens with zero attached hydrogens (tertiary/aromatic N) is 2. The lowest BCUT2D eigenvalue weighted by atomic mass is 9.95. The molecule has 2 aliphatic rings. The molecule has 1 atom stereocenters. The molecule has 1 heterocycles. The molecule has 5 nitrogen and oxygen atoms in total. The monoisotopic (exact) mass is 302 g/mol. The fourth-order valence-corrected chi connectivity index (χ4v) is 4.04. The second-order valence-electron chi connectivity index (χ2n) is 6.40. The number of likely N-dealkylation sites (tertiary alicyclic amines) is 1. The van der Waals surface area contributed by atoms with Gasteiger partial charge in [0.25, 0.3) is 5.69 Å². The second kappa shape index (κ2) is 6.46. The average molecular weight is 302 g/mol. The van der Waals surface area contributed by atoms with E-state index in [1.165, 1.54) is 31.7 Å². The van der Waals surface area contributed by atoms with Crippen molar-refractivity contribution in [3.05, 3.63) is 39.9 Å². The average Bonchev–Trinajstić information content (AvgIpc) is 3.18. The molecule has 22 heavy (non-hydrogen) atoms. The summed E-state index contributed by atoms with van der Waals surface area (Å²) in [5, 5.41) is 11.1. The van der Waals surface area contributed by atoms with E-state index in [0.29, 0.717) is 17.5 Å². The maximum atomic E-state index is 12.7. The zero-order valence-electron chi connectivity index (χ0n) is 12.7. The maximum absolute atomic E-state index is 12.7. The molecule has 1 aliphatic carbocycles. The first-order chi connectivity index (χ1) is 10.7. The van der Waals surface area contributed by atoms with Crippen molar-refractivity contribution in [2.24, 2.45) is 5.92 Å². The van der Waals surface area contributed by atoms with Gasteiger partial charge in [0, 0.05) is 24.2 Å². The molecule has 3 rings (SSSR count). The van der Waals surface area contributed by atoms with Crippen LogP contribution in [0.3, 0.4) is 0 Å². The summed E-state index contributed by atoms with van der Waals surface area (Å²) in [5.74, 6) is 0.681. The van der Waals surface area contributed by atoms with Gasteiger partial charge >= 0.3 is 0 Å². The van der Waals surface area contributed by atoms with E-state index < -0.39 is 4.92 Å². The van der Waals surface area contributed by atoms with Crippen molar-refractivity contribution in [1.29, 1.82) is 0 Å². The van der Waals surface area contributed by atoms with E-state index in [0.717, 1.165) is 19.4 Å². The highest BCUT2D eigenvalue weighted by Crippen LogP contribution is 2.35. The summed E-state index contributed by atoms with van der Waals surface area (Å²) in [6.45, 7) is 0.806. The van der Waals surface area contributed by atoms with Crippen molar-refractivity contribution in [1.82, 2.24) is 4.90 Å². The van der Waals surface area contributed by atoms with Crippen LogP contribution in [0.4, 0.5) is 5.69 Å². The van der Waals surface area contributed by atoms with E-state index in [9.17, 15) is 14.9 Å². The van der Waals surface area contributed by atoms with Gasteiger partial charge in [-0.3, -0.25) is 14.9 Å². The van der Waals surface area contributed by atoms with Crippen LogP contribution in [0.1, 0.15) is 44.1 Å². The van der Waals surface area contributed by atoms with Crippen molar-refractivity contribution < 1.29 is 9.72 Å². The van der Waals surface area contributed by atoms with Gasteiger partial charge in [0.1, 0.15) is 0 Å². The third-order valence-electron chi connectivity index (χ3n) is 5.09.